The first-order valence-electron chi connectivity index (χ1n) is 12.5. The molecule has 36 heavy (non-hydrogen) atoms. The highest BCUT2D eigenvalue weighted by Crippen LogP contribution is 2.42. The Bertz CT molecular complexity index is 1160. The molecule has 0 saturated heterocycles. The van der Waals surface area contributed by atoms with Crippen LogP contribution in [0.1, 0.15) is 49.7 Å². The van der Waals surface area contributed by atoms with Gasteiger partial charge in [-0.05, 0) is 80.0 Å². The van der Waals surface area contributed by atoms with E-state index in [1.165, 1.54) is 6.42 Å². The minimum atomic E-state index is -0.808. The summed E-state index contributed by atoms with van der Waals surface area (Å²) in [5.41, 5.74) is 1.10. The van der Waals surface area contributed by atoms with E-state index in [0.717, 1.165) is 59.2 Å². The molecule has 4 rings (SSSR count). The highest BCUT2D eigenvalue weighted by atomic mass is 16.5. The average molecular weight is 494 g/mol. The van der Waals surface area contributed by atoms with Gasteiger partial charge in [0, 0.05) is 12.5 Å². The molecule has 1 aliphatic carbocycles. The van der Waals surface area contributed by atoms with Crippen molar-refractivity contribution in [2.45, 2.75) is 44.1 Å². The Morgan fingerprint density at radius 2 is 1.67 bits per heavy atom. The second kappa shape index (κ2) is 12.2. The van der Waals surface area contributed by atoms with Crippen molar-refractivity contribution in [3.63, 3.8) is 0 Å². The molecule has 0 heterocycles. The topological polar surface area (TPSA) is 79.2 Å². The lowest BCUT2D eigenvalue weighted by molar-refractivity contribution is -0.138. The van der Waals surface area contributed by atoms with Gasteiger partial charge in [-0.25, -0.2) is 0 Å². The molecule has 0 spiro atoms. The third kappa shape index (κ3) is 6.56. The summed E-state index contributed by atoms with van der Waals surface area (Å²) in [6, 6.07) is 19.3. The van der Waals surface area contributed by atoms with E-state index in [1.807, 2.05) is 60.7 Å². The smallest absolute Gasteiger partial charge is 0.310 e. The molecule has 0 unspecified atom stereocenters. The van der Waals surface area contributed by atoms with Crippen LogP contribution in [0.15, 0.2) is 60.7 Å². The van der Waals surface area contributed by atoms with Crippen LogP contribution < -0.4 is 9.47 Å². The van der Waals surface area contributed by atoms with Gasteiger partial charge in [-0.15, -0.1) is 0 Å². The lowest BCUT2D eigenvalue weighted by Gasteiger charge is -2.41. The van der Waals surface area contributed by atoms with Crippen molar-refractivity contribution < 1.29 is 24.5 Å². The average Bonchev–Trinajstić information content (AvgIpc) is 2.89. The van der Waals surface area contributed by atoms with Crippen LogP contribution in [0.5, 0.6) is 11.5 Å². The Labute approximate surface area is 214 Å². The Balaban J connectivity index is 0.000000202. The molecule has 0 bridgehead atoms. The standard InChI is InChI=1S/C16H25NO2.C14H14O3/c1-17(2)12-14-7-4-5-10-16(14,18)13-8-6-9-15(11-13)19-3;1-9(14(15)16)10-3-4-12-8-13(17-2)6-5-11(12)7-10/h6,8-9,11,14,18H,4-5,7,10,12H2,1-3H3;3-9H,1-2H3,(H,15,16)/t14-,16+;9-/m10/s1. The summed E-state index contributed by atoms with van der Waals surface area (Å²) in [4.78, 5) is 13.1. The first-order valence-corrected chi connectivity index (χ1v) is 12.5. The molecule has 6 heteroatoms. The number of carboxylic acid groups (broad SMARTS) is 1. The highest BCUT2D eigenvalue weighted by Gasteiger charge is 2.40. The van der Waals surface area contributed by atoms with Gasteiger partial charge in [-0.2, -0.15) is 0 Å². The number of aliphatic carboxylic acids is 1. The van der Waals surface area contributed by atoms with Crippen molar-refractivity contribution in [1.82, 2.24) is 4.90 Å². The molecule has 1 fully saturated rings. The van der Waals surface area contributed by atoms with Gasteiger partial charge in [0.1, 0.15) is 11.5 Å². The van der Waals surface area contributed by atoms with Gasteiger partial charge in [0.25, 0.3) is 0 Å². The van der Waals surface area contributed by atoms with Gasteiger partial charge in [0.2, 0.25) is 0 Å². The minimum Gasteiger partial charge on any atom is -0.497 e. The van der Waals surface area contributed by atoms with E-state index in [0.29, 0.717) is 5.92 Å². The lowest BCUT2D eigenvalue weighted by Crippen LogP contribution is -2.43. The zero-order chi connectivity index (χ0) is 26.3. The van der Waals surface area contributed by atoms with E-state index in [2.05, 4.69) is 19.0 Å². The molecule has 0 radical (unpaired) electrons. The molecule has 0 aromatic heterocycles. The first kappa shape index (κ1) is 27.5. The minimum absolute atomic E-state index is 0.295. The Hall–Kier alpha value is -3.09. The van der Waals surface area contributed by atoms with Crippen LogP contribution in [0.25, 0.3) is 10.8 Å². The van der Waals surface area contributed by atoms with Crippen LogP contribution in [-0.4, -0.2) is 55.9 Å². The molecule has 3 aromatic carbocycles. The molecule has 3 aromatic rings. The normalized spacial score (nSPS) is 20.4. The molecule has 194 valence electrons. The van der Waals surface area contributed by atoms with Gasteiger partial charge < -0.3 is 24.6 Å². The maximum Gasteiger partial charge on any atom is 0.310 e. The summed E-state index contributed by atoms with van der Waals surface area (Å²) in [7, 11) is 7.44. The molecule has 0 amide bonds. The first-order chi connectivity index (χ1) is 17.2. The van der Waals surface area contributed by atoms with Crippen molar-refractivity contribution >= 4 is 16.7 Å². The van der Waals surface area contributed by atoms with E-state index in [4.69, 9.17) is 14.6 Å². The van der Waals surface area contributed by atoms with Crippen LogP contribution in [0.2, 0.25) is 0 Å². The third-order valence-corrected chi connectivity index (χ3v) is 7.13. The van der Waals surface area contributed by atoms with Crippen molar-refractivity contribution in [2.24, 2.45) is 5.92 Å². The zero-order valence-corrected chi connectivity index (χ0v) is 22.0. The van der Waals surface area contributed by atoms with Gasteiger partial charge in [-0.1, -0.05) is 49.2 Å². The quantitative estimate of drug-likeness (QED) is 0.441. The molecule has 2 N–H and O–H groups in total. The maximum atomic E-state index is 11.2. The maximum absolute atomic E-state index is 11.2. The van der Waals surface area contributed by atoms with Crippen molar-refractivity contribution in [3.05, 3.63) is 71.8 Å². The highest BCUT2D eigenvalue weighted by molar-refractivity contribution is 5.86. The molecule has 1 aliphatic rings. The number of ether oxygens (including phenoxy) is 2. The molecule has 1 saturated carbocycles. The van der Waals surface area contributed by atoms with Crippen LogP contribution >= 0.6 is 0 Å². The van der Waals surface area contributed by atoms with Crippen LogP contribution in [-0.2, 0) is 10.4 Å². The fourth-order valence-corrected chi connectivity index (χ4v) is 4.96. The largest absolute Gasteiger partial charge is 0.497 e. The number of aliphatic hydroxyl groups is 1. The second-order valence-electron chi connectivity index (χ2n) is 9.89. The summed E-state index contributed by atoms with van der Waals surface area (Å²) in [6.45, 7) is 2.61. The summed E-state index contributed by atoms with van der Waals surface area (Å²) in [5, 5.41) is 22.2. The Morgan fingerprint density at radius 1 is 1.00 bits per heavy atom. The van der Waals surface area contributed by atoms with E-state index >= 15 is 0 Å². The number of carboxylic acids is 1. The monoisotopic (exact) mass is 493 g/mol. The van der Waals surface area contributed by atoms with Gasteiger partial charge >= 0.3 is 5.97 Å². The number of benzene rings is 3. The van der Waals surface area contributed by atoms with Crippen LogP contribution in [0.3, 0.4) is 0 Å². The summed E-state index contributed by atoms with van der Waals surface area (Å²) in [5.74, 6) is 0.624. The number of hydrogen-bond donors (Lipinski definition) is 2. The van der Waals surface area contributed by atoms with Crippen LogP contribution in [0.4, 0.5) is 0 Å². The van der Waals surface area contributed by atoms with E-state index in [-0.39, 0.29) is 0 Å². The fraction of sp³-hybridized carbons (Fsp3) is 0.433. The third-order valence-electron chi connectivity index (χ3n) is 7.13. The summed E-state index contributed by atoms with van der Waals surface area (Å²) < 4.78 is 10.4. The summed E-state index contributed by atoms with van der Waals surface area (Å²) >= 11 is 0. The lowest BCUT2D eigenvalue weighted by atomic mass is 9.71. The van der Waals surface area contributed by atoms with Gasteiger partial charge in [0.15, 0.2) is 0 Å². The predicted molar refractivity (Wildman–Crippen MR) is 144 cm³/mol. The van der Waals surface area contributed by atoms with Crippen LogP contribution in [0, 0.1) is 5.92 Å². The van der Waals surface area contributed by atoms with E-state index in [1.54, 1.807) is 21.1 Å². The van der Waals surface area contributed by atoms with Gasteiger partial charge in [-0.3, -0.25) is 4.79 Å². The number of nitrogens with zero attached hydrogens (tertiary/aromatic N) is 1. The van der Waals surface area contributed by atoms with Crippen molar-refractivity contribution in [2.75, 3.05) is 34.9 Å². The number of methoxy groups -OCH3 is 2. The zero-order valence-electron chi connectivity index (χ0n) is 22.0. The predicted octanol–water partition coefficient (Wildman–Crippen LogP) is 5.67. The number of carbonyl (C=O) groups is 1. The number of rotatable bonds is 7. The Kier molecular flexibility index (Phi) is 9.35. The molecule has 0 aliphatic heterocycles. The van der Waals surface area contributed by atoms with Gasteiger partial charge in [0.05, 0.1) is 25.7 Å². The fourth-order valence-electron chi connectivity index (χ4n) is 4.96. The molecule has 6 nitrogen and oxygen atoms in total. The SMILES string of the molecule is COc1ccc2cc([C@H](C)C(=O)O)ccc2c1.COc1cccc([C@@]2(O)CCCC[C@@H]2CN(C)C)c1. The number of hydrogen-bond acceptors (Lipinski definition) is 5. The Morgan fingerprint density at radius 3 is 2.33 bits per heavy atom. The van der Waals surface area contributed by atoms with E-state index in [9.17, 15) is 9.90 Å². The second-order valence-corrected chi connectivity index (χ2v) is 9.89. The molecular formula is C30H39NO5. The van der Waals surface area contributed by atoms with Crippen molar-refractivity contribution in [3.8, 4) is 11.5 Å². The summed E-state index contributed by atoms with van der Waals surface area (Å²) in [6.07, 6.45) is 4.24. The molecule has 3 atom stereocenters. The number of fused-ring (bicyclic) bond motifs is 1. The van der Waals surface area contributed by atoms with Crippen molar-refractivity contribution in [1.29, 1.82) is 0 Å². The molecular weight excluding hydrogens is 454 g/mol. The van der Waals surface area contributed by atoms with E-state index < -0.39 is 17.5 Å².